The first-order valence-electron chi connectivity index (χ1n) is 3.02. The Hall–Kier alpha value is -0.380. The molecule has 11 heavy (non-hydrogen) atoms. The Kier molecular flexibility index (Phi) is 2.83. The molecule has 0 aromatic heterocycles. The maximum atomic E-state index is 10.8. The van der Waals surface area contributed by atoms with Crippen LogP contribution in [0.2, 0.25) is 0 Å². The highest BCUT2D eigenvalue weighted by molar-refractivity contribution is 7.59. The predicted octanol–water partition coefficient (Wildman–Crippen LogP) is 0.0698. The summed E-state index contributed by atoms with van der Waals surface area (Å²) in [5, 5.41) is 15.0. The van der Waals surface area contributed by atoms with Crippen LogP contribution in [0.3, 0.4) is 0 Å². The molecule has 0 aromatic carbocycles. The highest BCUT2D eigenvalue weighted by Gasteiger charge is 2.48. The lowest BCUT2D eigenvalue weighted by atomic mass is 10.3. The number of carbonyl (C=O) groups is 1. The summed E-state index contributed by atoms with van der Waals surface area (Å²) in [5.74, 6) is -1.66. The van der Waals surface area contributed by atoms with Crippen LogP contribution in [0.4, 0.5) is 0 Å². The van der Waals surface area contributed by atoms with Crippen molar-refractivity contribution < 1.29 is 24.5 Å². The maximum Gasteiger partial charge on any atom is 0.345 e. The van der Waals surface area contributed by atoms with Crippen LogP contribution in [0.5, 0.6) is 0 Å². The Balaban J connectivity index is 4.92. The number of aliphatic hydroxyl groups is 1. The van der Waals surface area contributed by atoms with E-state index in [9.17, 15) is 9.36 Å². The van der Waals surface area contributed by atoms with Crippen molar-refractivity contribution in [3.63, 3.8) is 0 Å². The van der Waals surface area contributed by atoms with Gasteiger partial charge in [0.15, 0.2) is 0 Å². The molecule has 0 aliphatic heterocycles. The molecule has 0 saturated carbocycles. The van der Waals surface area contributed by atoms with Gasteiger partial charge in [0.2, 0.25) is 12.7 Å². The zero-order chi connectivity index (χ0) is 9.28. The van der Waals surface area contributed by atoms with E-state index in [4.69, 9.17) is 15.1 Å². The number of carboxylic acid groups (broad SMARTS) is 1. The van der Waals surface area contributed by atoms with Gasteiger partial charge in [-0.25, -0.2) is 4.79 Å². The first kappa shape index (κ1) is 10.6. The molecule has 0 saturated heterocycles. The Morgan fingerprint density at radius 3 is 2.00 bits per heavy atom. The number of carboxylic acids is 1. The van der Waals surface area contributed by atoms with Gasteiger partial charge < -0.3 is 15.1 Å². The SMILES string of the molecule is CCC(O)(C(=O)O)P(C)(=O)O. The Bertz CT molecular complexity index is 207. The zero-order valence-corrected chi connectivity index (χ0v) is 7.21. The van der Waals surface area contributed by atoms with Crippen LogP contribution in [0.15, 0.2) is 0 Å². The molecule has 3 N–H and O–H groups in total. The van der Waals surface area contributed by atoms with Crippen molar-refractivity contribution in [2.24, 2.45) is 0 Å². The minimum Gasteiger partial charge on any atom is -0.479 e. The van der Waals surface area contributed by atoms with Gasteiger partial charge in [0.1, 0.15) is 0 Å². The molecule has 0 aliphatic rings. The van der Waals surface area contributed by atoms with E-state index in [2.05, 4.69) is 0 Å². The fourth-order valence-corrected chi connectivity index (χ4v) is 1.56. The lowest BCUT2D eigenvalue weighted by Gasteiger charge is -2.23. The van der Waals surface area contributed by atoms with Crippen molar-refractivity contribution in [1.29, 1.82) is 0 Å². The third kappa shape index (κ3) is 1.80. The first-order chi connectivity index (χ1) is 4.75. The van der Waals surface area contributed by atoms with Crippen LogP contribution < -0.4 is 0 Å². The summed E-state index contributed by atoms with van der Waals surface area (Å²) in [4.78, 5) is 19.1. The average Bonchev–Trinajstić information content (AvgIpc) is 1.83. The van der Waals surface area contributed by atoms with E-state index >= 15 is 0 Å². The third-order valence-electron chi connectivity index (χ3n) is 1.52. The fourth-order valence-electron chi connectivity index (χ4n) is 0.622. The Morgan fingerprint density at radius 2 is 2.00 bits per heavy atom. The monoisotopic (exact) mass is 182 g/mol. The fraction of sp³-hybridized carbons (Fsp3) is 0.800. The summed E-state index contributed by atoms with van der Waals surface area (Å²) in [6.07, 6.45) is -0.285. The van der Waals surface area contributed by atoms with Crippen molar-refractivity contribution >= 4 is 13.3 Å². The van der Waals surface area contributed by atoms with Gasteiger partial charge in [0, 0.05) is 6.66 Å². The van der Waals surface area contributed by atoms with Crippen LogP contribution >= 0.6 is 7.37 Å². The summed E-state index contributed by atoms with van der Waals surface area (Å²) in [6.45, 7) is 2.16. The summed E-state index contributed by atoms with van der Waals surface area (Å²) in [5.41, 5.74) is 0. The highest BCUT2D eigenvalue weighted by atomic mass is 31.2. The molecular formula is C5H11O5P. The lowest BCUT2D eigenvalue weighted by molar-refractivity contribution is -0.150. The minimum atomic E-state index is -3.99. The second-order valence-corrected chi connectivity index (χ2v) is 4.85. The summed E-state index contributed by atoms with van der Waals surface area (Å²) >= 11 is 0. The van der Waals surface area contributed by atoms with Gasteiger partial charge in [-0.3, -0.25) is 4.57 Å². The molecule has 0 aliphatic carbocycles. The third-order valence-corrected chi connectivity index (χ3v) is 3.40. The number of hydrogen-bond acceptors (Lipinski definition) is 3. The number of hydrogen-bond donors (Lipinski definition) is 3. The molecule has 0 aromatic rings. The van der Waals surface area contributed by atoms with E-state index in [0.29, 0.717) is 0 Å². The molecule has 2 atom stereocenters. The standard InChI is InChI=1S/C5H11O5P/c1-3-5(8,4(6)7)11(2,9)10/h8H,3H2,1-2H3,(H,6,7)(H,9,10). The number of aliphatic carboxylic acids is 1. The summed E-state index contributed by atoms with van der Waals surface area (Å²) in [6, 6.07) is 0. The van der Waals surface area contributed by atoms with Crippen LogP contribution in [-0.4, -0.2) is 33.1 Å². The molecule has 0 fully saturated rings. The van der Waals surface area contributed by atoms with Gasteiger partial charge in [-0.15, -0.1) is 0 Å². The lowest BCUT2D eigenvalue weighted by Crippen LogP contribution is -2.37. The average molecular weight is 182 g/mol. The van der Waals surface area contributed by atoms with Crippen LogP contribution in [0.25, 0.3) is 0 Å². The molecule has 5 nitrogen and oxygen atoms in total. The van der Waals surface area contributed by atoms with Gasteiger partial charge in [0.05, 0.1) is 0 Å². The molecule has 0 bridgehead atoms. The Morgan fingerprint density at radius 1 is 1.64 bits per heavy atom. The van der Waals surface area contributed by atoms with Gasteiger partial charge in [-0.05, 0) is 6.42 Å². The van der Waals surface area contributed by atoms with Gasteiger partial charge in [0.25, 0.3) is 0 Å². The van der Waals surface area contributed by atoms with E-state index in [1.54, 1.807) is 0 Å². The smallest absolute Gasteiger partial charge is 0.345 e. The maximum absolute atomic E-state index is 10.8. The predicted molar refractivity (Wildman–Crippen MR) is 38.6 cm³/mol. The number of rotatable bonds is 3. The molecule has 6 heteroatoms. The van der Waals surface area contributed by atoms with Crippen molar-refractivity contribution in [1.82, 2.24) is 0 Å². The van der Waals surface area contributed by atoms with Crippen LogP contribution in [0.1, 0.15) is 13.3 Å². The molecule has 0 rings (SSSR count). The van der Waals surface area contributed by atoms with E-state index < -0.39 is 18.7 Å². The zero-order valence-electron chi connectivity index (χ0n) is 6.31. The minimum absolute atomic E-state index is 0.285. The molecule has 2 unspecified atom stereocenters. The van der Waals surface area contributed by atoms with Gasteiger partial charge in [-0.2, -0.15) is 0 Å². The van der Waals surface area contributed by atoms with Crippen LogP contribution in [-0.2, 0) is 9.36 Å². The molecular weight excluding hydrogens is 171 g/mol. The normalized spacial score (nSPS) is 21.8. The van der Waals surface area contributed by atoms with E-state index in [-0.39, 0.29) is 6.42 Å². The van der Waals surface area contributed by atoms with Crippen molar-refractivity contribution in [3.05, 3.63) is 0 Å². The quantitative estimate of drug-likeness (QED) is 0.537. The molecule has 0 radical (unpaired) electrons. The van der Waals surface area contributed by atoms with Crippen molar-refractivity contribution in [2.45, 2.75) is 18.7 Å². The van der Waals surface area contributed by atoms with E-state index in [0.717, 1.165) is 6.66 Å². The van der Waals surface area contributed by atoms with Crippen molar-refractivity contribution in [2.75, 3.05) is 6.66 Å². The van der Waals surface area contributed by atoms with Crippen molar-refractivity contribution in [3.8, 4) is 0 Å². The largest absolute Gasteiger partial charge is 0.479 e. The van der Waals surface area contributed by atoms with E-state index in [1.807, 2.05) is 0 Å². The second-order valence-electron chi connectivity index (χ2n) is 2.35. The van der Waals surface area contributed by atoms with Crippen LogP contribution in [0, 0.1) is 0 Å². The second kappa shape index (κ2) is 2.93. The molecule has 0 spiro atoms. The summed E-state index contributed by atoms with van der Waals surface area (Å²) < 4.78 is 10.8. The summed E-state index contributed by atoms with van der Waals surface area (Å²) in [7, 11) is -3.99. The topological polar surface area (TPSA) is 94.8 Å². The van der Waals surface area contributed by atoms with Gasteiger partial charge >= 0.3 is 5.97 Å². The van der Waals surface area contributed by atoms with E-state index in [1.165, 1.54) is 6.92 Å². The molecule has 66 valence electrons. The molecule has 0 amide bonds. The molecule has 0 heterocycles. The van der Waals surface area contributed by atoms with Gasteiger partial charge in [-0.1, -0.05) is 6.92 Å². The highest BCUT2D eigenvalue weighted by Crippen LogP contribution is 2.51. The first-order valence-corrected chi connectivity index (χ1v) is 5.12. The Labute approximate surface area is 64.1 Å².